The predicted octanol–water partition coefficient (Wildman–Crippen LogP) is 8.60. The second-order valence-electron chi connectivity index (χ2n) is 16.5. The van der Waals surface area contributed by atoms with Crippen molar-refractivity contribution in [3.63, 3.8) is 0 Å². The molecule has 0 aliphatic carbocycles. The monoisotopic (exact) mass is 896 g/mol. The van der Waals surface area contributed by atoms with Crippen LogP contribution in [0.2, 0.25) is 0 Å². The van der Waals surface area contributed by atoms with Crippen LogP contribution in [0.15, 0.2) is 182 Å². The smallest absolute Gasteiger partial charge is 0.187 e. The van der Waals surface area contributed by atoms with Crippen LogP contribution in [0.3, 0.4) is 0 Å². The summed E-state index contributed by atoms with van der Waals surface area (Å²) >= 11 is 0. The Balaban J connectivity index is 1.11. The first kappa shape index (κ1) is 47.4. The number of rotatable bonds is 23. The molecule has 6 aromatic rings. The maximum absolute atomic E-state index is 11.7. The first-order valence-electron chi connectivity index (χ1n) is 22.6. The molecule has 0 amide bonds. The lowest BCUT2D eigenvalue weighted by atomic mass is 9.97. The molecular formula is C55H60O11. The van der Waals surface area contributed by atoms with Gasteiger partial charge in [-0.25, -0.2) is 0 Å². The normalized spacial score (nSPS) is 25.4. The molecule has 0 aromatic heterocycles. The van der Waals surface area contributed by atoms with Gasteiger partial charge in [-0.15, -0.1) is 0 Å². The number of benzene rings is 6. The highest BCUT2D eigenvalue weighted by atomic mass is 16.7. The molecule has 0 unspecified atom stereocenters. The zero-order chi connectivity index (χ0) is 45.2. The Morgan fingerprint density at radius 3 is 1.08 bits per heavy atom. The Hall–Kier alpha value is -5.12. The van der Waals surface area contributed by atoms with E-state index in [1.165, 1.54) is 7.11 Å². The summed E-state index contributed by atoms with van der Waals surface area (Å²) < 4.78 is 66.3. The molecule has 2 heterocycles. The fourth-order valence-electron chi connectivity index (χ4n) is 8.22. The maximum Gasteiger partial charge on any atom is 0.187 e. The zero-order valence-corrected chi connectivity index (χ0v) is 37.3. The van der Waals surface area contributed by atoms with Gasteiger partial charge in [-0.3, -0.25) is 0 Å². The summed E-state index contributed by atoms with van der Waals surface area (Å²) in [6.07, 6.45) is -8.46. The molecule has 8 rings (SSSR count). The quantitative estimate of drug-likeness (QED) is 0.0668. The molecule has 0 radical (unpaired) electrons. The SMILES string of the molecule is CO[C@H]1O[C@H](CO[C@@H]2O[C@H](COCc3ccccc3)[C@@H](OCc3ccccc3)[C@H](OCc3ccccc3)[C@H]2OCc2ccccc2)[C@@H](OCc2ccccc2)[C@H](OCc2ccccc2)[C@H]1O. The van der Waals surface area contributed by atoms with Crippen LogP contribution in [-0.4, -0.2) is 86.8 Å². The van der Waals surface area contributed by atoms with Gasteiger partial charge in [-0.2, -0.15) is 0 Å². The Bertz CT molecular complexity index is 2220. The topological polar surface area (TPSA) is 113 Å². The van der Waals surface area contributed by atoms with E-state index in [1.807, 2.05) is 182 Å². The minimum absolute atomic E-state index is 0.0500. The van der Waals surface area contributed by atoms with Gasteiger partial charge in [0, 0.05) is 7.11 Å². The highest BCUT2D eigenvalue weighted by Gasteiger charge is 2.51. The molecular weight excluding hydrogens is 837 g/mol. The second kappa shape index (κ2) is 25.1. The molecule has 0 saturated carbocycles. The van der Waals surface area contributed by atoms with Crippen molar-refractivity contribution in [1.82, 2.24) is 0 Å². The first-order valence-corrected chi connectivity index (χ1v) is 22.6. The summed E-state index contributed by atoms with van der Waals surface area (Å²) in [5, 5.41) is 11.7. The van der Waals surface area contributed by atoms with Crippen molar-refractivity contribution in [2.24, 2.45) is 0 Å². The van der Waals surface area contributed by atoms with E-state index in [2.05, 4.69) is 0 Å². The van der Waals surface area contributed by atoms with E-state index < -0.39 is 61.4 Å². The summed E-state index contributed by atoms with van der Waals surface area (Å²) in [5.41, 5.74) is 5.87. The van der Waals surface area contributed by atoms with Gasteiger partial charge < -0.3 is 52.5 Å². The molecule has 66 heavy (non-hydrogen) atoms. The van der Waals surface area contributed by atoms with E-state index >= 15 is 0 Å². The fraction of sp³-hybridized carbons (Fsp3) is 0.345. The standard InChI is InChI=1S/C55H60O11/c1-57-54-48(56)51(61-35-43-26-14-5-15-27-43)49(59-33-41-22-10-3-11-23-41)47(65-54)39-64-55-53(63-37-45-30-18-7-19-31-45)52(62-36-44-28-16-6-17-29-44)50(60-34-42-24-12-4-13-25-42)46(66-55)38-58-32-40-20-8-2-9-21-40/h2-31,46-56H,32-39H2,1H3/t46-,47-,48-,49-,50-,51-,52+,53-,54+,55-/m1/s1. The van der Waals surface area contributed by atoms with Gasteiger partial charge in [-0.05, 0) is 33.4 Å². The minimum Gasteiger partial charge on any atom is -0.385 e. The van der Waals surface area contributed by atoms with Crippen LogP contribution >= 0.6 is 0 Å². The molecule has 10 atom stereocenters. The molecule has 2 fully saturated rings. The third-order valence-electron chi connectivity index (χ3n) is 11.7. The molecule has 2 saturated heterocycles. The number of hydrogen-bond donors (Lipinski definition) is 1. The van der Waals surface area contributed by atoms with Crippen molar-refractivity contribution in [1.29, 1.82) is 0 Å². The van der Waals surface area contributed by atoms with Crippen LogP contribution in [0.1, 0.15) is 33.4 Å². The Morgan fingerprint density at radius 1 is 0.348 bits per heavy atom. The van der Waals surface area contributed by atoms with Gasteiger partial charge in [0.1, 0.15) is 48.8 Å². The van der Waals surface area contributed by atoms with Crippen LogP contribution in [-0.2, 0) is 87.0 Å². The first-order chi connectivity index (χ1) is 32.6. The molecule has 346 valence electrons. The van der Waals surface area contributed by atoms with Crippen LogP contribution in [0.5, 0.6) is 0 Å². The number of methoxy groups -OCH3 is 1. The van der Waals surface area contributed by atoms with E-state index in [-0.39, 0.29) is 39.6 Å². The van der Waals surface area contributed by atoms with Crippen molar-refractivity contribution in [3.05, 3.63) is 215 Å². The third kappa shape index (κ3) is 13.5. The Morgan fingerprint density at radius 2 is 0.667 bits per heavy atom. The fourth-order valence-corrected chi connectivity index (χ4v) is 8.22. The molecule has 1 N–H and O–H groups in total. The van der Waals surface area contributed by atoms with Crippen molar-refractivity contribution in [2.45, 2.75) is 101 Å². The molecule has 2 aliphatic rings. The second-order valence-corrected chi connectivity index (χ2v) is 16.5. The van der Waals surface area contributed by atoms with E-state index in [0.717, 1.165) is 33.4 Å². The molecule has 11 nitrogen and oxygen atoms in total. The van der Waals surface area contributed by atoms with Crippen LogP contribution in [0.4, 0.5) is 0 Å². The van der Waals surface area contributed by atoms with Gasteiger partial charge in [0.15, 0.2) is 12.6 Å². The molecule has 0 spiro atoms. The highest BCUT2D eigenvalue weighted by Crippen LogP contribution is 2.34. The molecule has 2 aliphatic heterocycles. The Labute approximate surface area is 388 Å². The van der Waals surface area contributed by atoms with Crippen LogP contribution in [0, 0.1) is 0 Å². The molecule has 6 aromatic carbocycles. The lowest BCUT2D eigenvalue weighted by molar-refractivity contribution is -0.348. The number of ether oxygens (including phenoxy) is 10. The summed E-state index contributed by atoms with van der Waals surface area (Å²) in [4.78, 5) is 0. The number of aliphatic hydroxyl groups excluding tert-OH is 1. The lowest BCUT2D eigenvalue weighted by Gasteiger charge is -2.47. The largest absolute Gasteiger partial charge is 0.385 e. The predicted molar refractivity (Wildman–Crippen MR) is 247 cm³/mol. The van der Waals surface area contributed by atoms with E-state index in [9.17, 15) is 5.11 Å². The van der Waals surface area contributed by atoms with Gasteiger partial charge in [-0.1, -0.05) is 182 Å². The third-order valence-corrected chi connectivity index (χ3v) is 11.7. The average molecular weight is 897 g/mol. The van der Waals surface area contributed by atoms with E-state index in [0.29, 0.717) is 13.2 Å². The molecule has 0 bridgehead atoms. The Kier molecular flexibility index (Phi) is 18.0. The molecule has 11 heteroatoms. The van der Waals surface area contributed by atoms with E-state index in [4.69, 9.17) is 47.4 Å². The van der Waals surface area contributed by atoms with Gasteiger partial charge in [0.05, 0.1) is 52.9 Å². The summed E-state index contributed by atoms with van der Waals surface area (Å²) in [5.74, 6) is 0. The summed E-state index contributed by atoms with van der Waals surface area (Å²) in [6.45, 7) is 1.77. The maximum atomic E-state index is 11.7. The van der Waals surface area contributed by atoms with Crippen molar-refractivity contribution in [2.75, 3.05) is 20.3 Å². The lowest BCUT2D eigenvalue weighted by Crippen LogP contribution is -2.63. The number of aliphatic hydroxyl groups is 1. The van der Waals surface area contributed by atoms with Crippen LogP contribution < -0.4 is 0 Å². The summed E-state index contributed by atoms with van der Waals surface area (Å²) in [6, 6.07) is 59.6. The minimum atomic E-state index is -1.17. The van der Waals surface area contributed by atoms with Gasteiger partial charge >= 0.3 is 0 Å². The van der Waals surface area contributed by atoms with Crippen molar-refractivity contribution < 1.29 is 52.5 Å². The van der Waals surface area contributed by atoms with Gasteiger partial charge in [0.2, 0.25) is 0 Å². The highest BCUT2D eigenvalue weighted by molar-refractivity contribution is 5.18. The number of hydrogen-bond acceptors (Lipinski definition) is 11. The average Bonchev–Trinajstić information content (AvgIpc) is 3.37. The van der Waals surface area contributed by atoms with Crippen molar-refractivity contribution in [3.8, 4) is 0 Å². The van der Waals surface area contributed by atoms with E-state index in [1.54, 1.807) is 0 Å². The summed E-state index contributed by atoms with van der Waals surface area (Å²) in [7, 11) is 1.49. The zero-order valence-electron chi connectivity index (χ0n) is 37.3. The van der Waals surface area contributed by atoms with Gasteiger partial charge in [0.25, 0.3) is 0 Å². The van der Waals surface area contributed by atoms with Crippen LogP contribution in [0.25, 0.3) is 0 Å². The van der Waals surface area contributed by atoms with Crippen molar-refractivity contribution >= 4 is 0 Å².